The van der Waals surface area contributed by atoms with Gasteiger partial charge in [-0.3, -0.25) is 10.1 Å². The number of carbonyl (C=O) groups excluding carboxylic acids is 2. The highest BCUT2D eigenvalue weighted by molar-refractivity contribution is 5.83. The van der Waals surface area contributed by atoms with Gasteiger partial charge in [-0.15, -0.1) is 0 Å². The van der Waals surface area contributed by atoms with Crippen LogP contribution >= 0.6 is 0 Å². The molecule has 0 saturated heterocycles. The van der Waals surface area contributed by atoms with Gasteiger partial charge in [0.1, 0.15) is 17.4 Å². The monoisotopic (exact) mass is 352 g/mol. The first kappa shape index (κ1) is 20.4. The second-order valence-corrected chi connectivity index (χ2v) is 7.62. The number of esters is 1. The van der Waals surface area contributed by atoms with Gasteiger partial charge in [-0.25, -0.2) is 9.59 Å². The smallest absolute Gasteiger partial charge is 0.408 e. The maximum atomic E-state index is 12.5. The third-order valence-corrected chi connectivity index (χ3v) is 3.03. The van der Waals surface area contributed by atoms with E-state index in [4.69, 9.17) is 9.47 Å². The Morgan fingerprint density at radius 3 is 2.00 bits per heavy atom. The van der Waals surface area contributed by atoms with E-state index in [1.54, 1.807) is 41.5 Å². The molecule has 1 amide bonds. The summed E-state index contributed by atoms with van der Waals surface area (Å²) in [5.74, 6) is -0.539. The van der Waals surface area contributed by atoms with Crippen LogP contribution in [0.2, 0.25) is 0 Å². The topological polar surface area (TPSA) is 108 Å². The highest BCUT2D eigenvalue weighted by Gasteiger charge is 2.35. The van der Waals surface area contributed by atoms with E-state index >= 15 is 0 Å². The van der Waals surface area contributed by atoms with Crippen LogP contribution in [-0.2, 0) is 9.53 Å². The van der Waals surface area contributed by atoms with Gasteiger partial charge in [0.25, 0.3) is 5.69 Å². The Morgan fingerprint density at radius 2 is 1.60 bits per heavy atom. The van der Waals surface area contributed by atoms with Gasteiger partial charge in [0, 0.05) is 12.1 Å². The molecule has 0 heterocycles. The molecular formula is C17H24N2O6. The van der Waals surface area contributed by atoms with Crippen molar-refractivity contribution >= 4 is 17.7 Å². The van der Waals surface area contributed by atoms with Crippen molar-refractivity contribution in [3.05, 3.63) is 34.4 Å². The number of nitro benzene ring substituents is 1. The zero-order valence-corrected chi connectivity index (χ0v) is 15.3. The molecule has 0 aliphatic rings. The first-order valence-corrected chi connectivity index (χ1v) is 7.75. The van der Waals surface area contributed by atoms with Crippen LogP contribution in [0, 0.1) is 15.5 Å². The summed E-state index contributed by atoms with van der Waals surface area (Å²) >= 11 is 0. The Hall–Kier alpha value is -2.64. The molecule has 138 valence electrons. The Bertz CT molecular complexity index is 641. The SMILES string of the molecule is CC(C)(C)OC(=O)N[C@H](C(=O)Oc1ccc([N+](=O)[O-])cc1)C(C)(C)C. The molecule has 0 aromatic heterocycles. The van der Waals surface area contributed by atoms with Crippen LogP contribution in [0.4, 0.5) is 10.5 Å². The fourth-order valence-corrected chi connectivity index (χ4v) is 1.87. The summed E-state index contributed by atoms with van der Waals surface area (Å²) in [6.07, 6.45) is -0.729. The fourth-order valence-electron chi connectivity index (χ4n) is 1.87. The van der Waals surface area contributed by atoms with E-state index in [2.05, 4.69) is 5.32 Å². The Labute approximate surface area is 146 Å². The van der Waals surface area contributed by atoms with Crippen molar-refractivity contribution in [3.63, 3.8) is 0 Å². The lowest BCUT2D eigenvalue weighted by Crippen LogP contribution is -2.52. The highest BCUT2D eigenvalue weighted by Crippen LogP contribution is 2.23. The quantitative estimate of drug-likeness (QED) is 0.385. The lowest BCUT2D eigenvalue weighted by molar-refractivity contribution is -0.384. The lowest BCUT2D eigenvalue weighted by Gasteiger charge is -2.30. The van der Waals surface area contributed by atoms with Gasteiger partial charge >= 0.3 is 12.1 Å². The molecule has 1 aromatic rings. The van der Waals surface area contributed by atoms with Crippen molar-refractivity contribution in [2.24, 2.45) is 5.41 Å². The third kappa shape index (κ3) is 6.78. The van der Waals surface area contributed by atoms with Gasteiger partial charge in [-0.05, 0) is 38.3 Å². The van der Waals surface area contributed by atoms with E-state index in [0.717, 1.165) is 0 Å². The van der Waals surface area contributed by atoms with E-state index in [0.29, 0.717) is 0 Å². The van der Waals surface area contributed by atoms with Crippen LogP contribution in [0.5, 0.6) is 5.75 Å². The summed E-state index contributed by atoms with van der Waals surface area (Å²) in [4.78, 5) is 34.5. The Kier molecular flexibility index (Phi) is 6.12. The number of ether oxygens (including phenoxy) is 2. The molecule has 0 spiro atoms. The Balaban J connectivity index is 2.87. The zero-order chi connectivity index (χ0) is 19.4. The molecule has 8 nitrogen and oxygen atoms in total. The van der Waals surface area contributed by atoms with E-state index in [1.807, 2.05) is 0 Å². The molecule has 1 rings (SSSR count). The molecule has 0 radical (unpaired) electrons. The van der Waals surface area contributed by atoms with Crippen LogP contribution in [-0.4, -0.2) is 28.6 Å². The fraction of sp³-hybridized carbons (Fsp3) is 0.529. The number of rotatable bonds is 4. The predicted octanol–water partition coefficient (Wildman–Crippen LogP) is 3.44. The number of hydrogen-bond acceptors (Lipinski definition) is 6. The van der Waals surface area contributed by atoms with Crippen molar-refractivity contribution in [1.82, 2.24) is 5.32 Å². The molecule has 0 aliphatic heterocycles. The van der Waals surface area contributed by atoms with Gasteiger partial charge < -0.3 is 14.8 Å². The number of nitrogens with one attached hydrogen (secondary N) is 1. The minimum atomic E-state index is -0.961. The number of non-ortho nitro benzene ring substituents is 1. The summed E-state index contributed by atoms with van der Waals surface area (Å²) < 4.78 is 10.4. The number of carbonyl (C=O) groups is 2. The summed E-state index contributed by atoms with van der Waals surface area (Å²) in [6, 6.07) is 4.15. The minimum absolute atomic E-state index is 0.112. The first-order valence-electron chi connectivity index (χ1n) is 7.75. The van der Waals surface area contributed by atoms with Crippen LogP contribution in [0.25, 0.3) is 0 Å². The van der Waals surface area contributed by atoms with E-state index in [1.165, 1.54) is 24.3 Å². The highest BCUT2D eigenvalue weighted by atomic mass is 16.6. The normalized spacial score (nSPS) is 12.9. The molecule has 25 heavy (non-hydrogen) atoms. The molecule has 1 atom stereocenters. The molecule has 1 aromatic carbocycles. The van der Waals surface area contributed by atoms with Crippen molar-refractivity contribution in [2.45, 2.75) is 53.2 Å². The molecule has 0 fully saturated rings. The third-order valence-electron chi connectivity index (χ3n) is 3.03. The van der Waals surface area contributed by atoms with Crippen molar-refractivity contribution in [3.8, 4) is 5.75 Å². The number of hydrogen-bond donors (Lipinski definition) is 1. The van der Waals surface area contributed by atoms with Crippen molar-refractivity contribution in [1.29, 1.82) is 0 Å². The standard InChI is InChI=1S/C17H24N2O6/c1-16(2,3)13(18-15(21)25-17(4,5)6)14(20)24-12-9-7-11(8-10-12)19(22)23/h7-10,13H,1-6H3,(H,18,21)/t13-/m1/s1. The average molecular weight is 352 g/mol. The average Bonchev–Trinajstić information content (AvgIpc) is 2.42. The summed E-state index contributed by atoms with van der Waals surface area (Å²) in [6.45, 7) is 10.5. The van der Waals surface area contributed by atoms with Crippen LogP contribution in [0.3, 0.4) is 0 Å². The number of nitrogens with zero attached hydrogens (tertiary/aromatic N) is 1. The number of nitro groups is 1. The maximum absolute atomic E-state index is 12.5. The molecule has 8 heteroatoms. The number of benzene rings is 1. The van der Waals surface area contributed by atoms with Gasteiger partial charge in [-0.1, -0.05) is 20.8 Å². The second-order valence-electron chi connectivity index (χ2n) is 7.62. The molecule has 1 N–H and O–H groups in total. The van der Waals surface area contributed by atoms with E-state index in [-0.39, 0.29) is 11.4 Å². The van der Waals surface area contributed by atoms with Gasteiger partial charge in [-0.2, -0.15) is 0 Å². The number of amides is 1. The van der Waals surface area contributed by atoms with Gasteiger partial charge in [0.15, 0.2) is 0 Å². The molecule has 0 saturated carbocycles. The van der Waals surface area contributed by atoms with Crippen molar-refractivity contribution < 1.29 is 24.0 Å². The second kappa shape index (κ2) is 7.50. The first-order chi connectivity index (χ1) is 11.3. The maximum Gasteiger partial charge on any atom is 0.408 e. The van der Waals surface area contributed by atoms with E-state index < -0.39 is 34.0 Å². The Morgan fingerprint density at radius 1 is 1.08 bits per heavy atom. The predicted molar refractivity (Wildman–Crippen MR) is 91.3 cm³/mol. The summed E-state index contributed by atoms with van der Waals surface area (Å²) in [5, 5.41) is 13.2. The van der Waals surface area contributed by atoms with Crippen LogP contribution in [0.15, 0.2) is 24.3 Å². The minimum Gasteiger partial charge on any atom is -0.444 e. The summed E-state index contributed by atoms with van der Waals surface area (Å²) in [7, 11) is 0. The lowest BCUT2D eigenvalue weighted by atomic mass is 9.87. The summed E-state index contributed by atoms with van der Waals surface area (Å²) in [5.41, 5.74) is -1.44. The molecule has 0 aliphatic carbocycles. The van der Waals surface area contributed by atoms with Gasteiger partial charge in [0.2, 0.25) is 0 Å². The van der Waals surface area contributed by atoms with Crippen LogP contribution < -0.4 is 10.1 Å². The van der Waals surface area contributed by atoms with Gasteiger partial charge in [0.05, 0.1) is 4.92 Å². The van der Waals surface area contributed by atoms with Crippen molar-refractivity contribution in [2.75, 3.05) is 0 Å². The van der Waals surface area contributed by atoms with E-state index in [9.17, 15) is 19.7 Å². The zero-order valence-electron chi connectivity index (χ0n) is 15.3. The molecular weight excluding hydrogens is 328 g/mol. The molecule has 0 bridgehead atoms. The van der Waals surface area contributed by atoms with Crippen LogP contribution in [0.1, 0.15) is 41.5 Å². The largest absolute Gasteiger partial charge is 0.444 e. The molecule has 0 unspecified atom stereocenters. The number of alkyl carbamates (subject to hydrolysis) is 1.